The van der Waals surface area contributed by atoms with Crippen LogP contribution in [-0.4, -0.2) is 34.5 Å². The van der Waals surface area contributed by atoms with Crippen LogP contribution in [-0.2, 0) is 11.3 Å². The molecule has 0 radical (unpaired) electrons. The van der Waals surface area contributed by atoms with Crippen molar-refractivity contribution in [2.24, 2.45) is 10.2 Å². The Bertz CT molecular complexity index is 740. The molecular formula is C17H24N4O2S. The zero-order chi connectivity index (χ0) is 17.5. The monoisotopic (exact) mass is 348 g/mol. The number of rotatable bonds is 7. The summed E-state index contributed by atoms with van der Waals surface area (Å²) in [7, 11) is 0. The number of ether oxygens (including phenoxy) is 1. The summed E-state index contributed by atoms with van der Waals surface area (Å²) >= 11 is 5.16. The number of azo groups is 1. The molecule has 24 heavy (non-hydrogen) atoms. The van der Waals surface area contributed by atoms with Crippen LogP contribution in [0.15, 0.2) is 28.4 Å². The van der Waals surface area contributed by atoms with E-state index in [0.717, 1.165) is 22.9 Å². The molecule has 2 N–H and O–H groups in total. The third kappa shape index (κ3) is 4.30. The van der Waals surface area contributed by atoms with E-state index in [2.05, 4.69) is 15.5 Å². The second-order valence-electron chi connectivity index (χ2n) is 5.42. The smallest absolute Gasteiger partial charge is 0.220 e. The SMILES string of the molecule is CCOCCCNC(=S)N=Nc1c(O)n(CC)c2ccc(C)cc12. The van der Waals surface area contributed by atoms with Gasteiger partial charge in [-0.15, -0.1) is 10.2 Å². The minimum atomic E-state index is 0.112. The maximum Gasteiger partial charge on any atom is 0.220 e. The Morgan fingerprint density at radius 3 is 2.88 bits per heavy atom. The summed E-state index contributed by atoms with van der Waals surface area (Å²) in [5.41, 5.74) is 2.49. The van der Waals surface area contributed by atoms with E-state index in [0.29, 0.717) is 37.1 Å². The third-order valence-electron chi connectivity index (χ3n) is 3.67. The Kier molecular flexibility index (Phi) is 6.69. The zero-order valence-electron chi connectivity index (χ0n) is 14.4. The summed E-state index contributed by atoms with van der Waals surface area (Å²) in [6, 6.07) is 5.99. The molecule has 0 aliphatic carbocycles. The van der Waals surface area contributed by atoms with Crippen LogP contribution in [0.3, 0.4) is 0 Å². The molecule has 1 aromatic carbocycles. The number of nitrogens with one attached hydrogen (secondary N) is 1. The molecule has 130 valence electrons. The molecule has 0 saturated heterocycles. The van der Waals surface area contributed by atoms with Crippen molar-refractivity contribution in [1.82, 2.24) is 9.88 Å². The lowest BCUT2D eigenvalue weighted by Crippen LogP contribution is -2.21. The number of hydrogen-bond acceptors (Lipinski definition) is 4. The molecule has 0 saturated carbocycles. The fourth-order valence-corrected chi connectivity index (χ4v) is 2.64. The quantitative estimate of drug-likeness (QED) is 0.450. The van der Waals surface area contributed by atoms with Gasteiger partial charge in [-0.3, -0.25) is 0 Å². The Morgan fingerprint density at radius 1 is 1.38 bits per heavy atom. The maximum absolute atomic E-state index is 10.4. The number of aromatic nitrogens is 1. The van der Waals surface area contributed by atoms with E-state index in [1.54, 1.807) is 0 Å². The average molecular weight is 348 g/mol. The number of nitrogens with zero attached hydrogens (tertiary/aromatic N) is 3. The summed E-state index contributed by atoms with van der Waals surface area (Å²) in [6.45, 7) is 8.68. The fraction of sp³-hybridized carbons (Fsp3) is 0.471. The minimum absolute atomic E-state index is 0.112. The Morgan fingerprint density at radius 2 is 2.17 bits per heavy atom. The lowest BCUT2D eigenvalue weighted by Gasteiger charge is -2.03. The molecule has 0 spiro atoms. The highest BCUT2D eigenvalue weighted by Gasteiger charge is 2.15. The van der Waals surface area contributed by atoms with Crippen molar-refractivity contribution in [2.75, 3.05) is 19.8 Å². The third-order valence-corrected chi connectivity index (χ3v) is 3.89. The van der Waals surface area contributed by atoms with E-state index in [1.807, 2.05) is 43.5 Å². The van der Waals surface area contributed by atoms with Gasteiger partial charge in [0.15, 0.2) is 5.69 Å². The number of aromatic hydroxyl groups is 1. The largest absolute Gasteiger partial charge is 0.493 e. The van der Waals surface area contributed by atoms with Crippen molar-refractivity contribution in [3.63, 3.8) is 0 Å². The Balaban J connectivity index is 2.12. The Hall–Kier alpha value is -1.99. The molecule has 0 aliphatic heterocycles. The summed E-state index contributed by atoms with van der Waals surface area (Å²) in [5.74, 6) is 0.112. The Labute approximate surface area is 147 Å². The van der Waals surface area contributed by atoms with Gasteiger partial charge in [-0.05, 0) is 51.5 Å². The number of hydrogen-bond donors (Lipinski definition) is 2. The van der Waals surface area contributed by atoms with Gasteiger partial charge in [-0.25, -0.2) is 0 Å². The van der Waals surface area contributed by atoms with E-state index in [1.165, 1.54) is 0 Å². The van der Waals surface area contributed by atoms with Crippen LogP contribution in [0.2, 0.25) is 0 Å². The van der Waals surface area contributed by atoms with Crippen LogP contribution >= 0.6 is 12.2 Å². The molecule has 1 heterocycles. The van der Waals surface area contributed by atoms with Gasteiger partial charge in [0, 0.05) is 31.7 Å². The van der Waals surface area contributed by atoms with Crippen LogP contribution in [0, 0.1) is 6.92 Å². The van der Waals surface area contributed by atoms with Crippen molar-refractivity contribution >= 4 is 33.9 Å². The molecule has 0 aliphatic rings. The van der Waals surface area contributed by atoms with Crippen molar-refractivity contribution in [2.45, 2.75) is 33.7 Å². The van der Waals surface area contributed by atoms with Crippen molar-refractivity contribution < 1.29 is 9.84 Å². The average Bonchev–Trinajstić information content (AvgIpc) is 2.83. The van der Waals surface area contributed by atoms with Gasteiger partial charge in [0.25, 0.3) is 0 Å². The van der Waals surface area contributed by atoms with Crippen LogP contribution in [0.5, 0.6) is 5.88 Å². The summed E-state index contributed by atoms with van der Waals surface area (Å²) in [5, 5.41) is 22.8. The molecule has 7 heteroatoms. The molecule has 0 fully saturated rings. The first-order valence-electron chi connectivity index (χ1n) is 8.17. The zero-order valence-corrected chi connectivity index (χ0v) is 15.2. The van der Waals surface area contributed by atoms with Gasteiger partial charge in [-0.2, -0.15) is 0 Å². The van der Waals surface area contributed by atoms with Crippen LogP contribution in [0.1, 0.15) is 25.8 Å². The highest BCUT2D eigenvalue weighted by atomic mass is 32.1. The fourth-order valence-electron chi connectivity index (χ4n) is 2.50. The van der Waals surface area contributed by atoms with E-state index >= 15 is 0 Å². The van der Waals surface area contributed by atoms with E-state index in [-0.39, 0.29) is 5.88 Å². The predicted octanol–water partition coefficient (Wildman–Crippen LogP) is 4.06. The van der Waals surface area contributed by atoms with Crippen molar-refractivity contribution in [1.29, 1.82) is 0 Å². The second-order valence-corrected chi connectivity index (χ2v) is 5.81. The minimum Gasteiger partial charge on any atom is -0.493 e. The first kappa shape index (κ1) is 18.4. The standard InChI is InChI=1S/C17H24N4O2S/c1-4-21-14-8-7-12(3)11-13(14)15(16(21)22)19-20-17(24)18-9-6-10-23-5-2/h7-8,11,22H,4-6,9-10H2,1-3H3,(H,18,24). The van der Waals surface area contributed by atoms with E-state index in [9.17, 15) is 5.11 Å². The normalized spacial score (nSPS) is 11.5. The molecule has 2 rings (SSSR count). The lowest BCUT2D eigenvalue weighted by molar-refractivity contribution is 0.146. The molecule has 2 aromatic rings. The van der Waals surface area contributed by atoms with Crippen LogP contribution < -0.4 is 5.32 Å². The number of fused-ring (bicyclic) bond motifs is 1. The summed E-state index contributed by atoms with van der Waals surface area (Å²) in [6.07, 6.45) is 0.850. The van der Waals surface area contributed by atoms with Gasteiger partial charge >= 0.3 is 0 Å². The molecular weight excluding hydrogens is 324 g/mol. The van der Waals surface area contributed by atoms with E-state index < -0.39 is 0 Å². The lowest BCUT2D eigenvalue weighted by atomic mass is 10.1. The molecule has 0 unspecified atom stereocenters. The van der Waals surface area contributed by atoms with Gasteiger partial charge in [-0.1, -0.05) is 11.6 Å². The molecule has 0 amide bonds. The molecule has 0 bridgehead atoms. The maximum atomic E-state index is 10.4. The first-order valence-corrected chi connectivity index (χ1v) is 8.58. The highest BCUT2D eigenvalue weighted by molar-refractivity contribution is 7.80. The van der Waals surface area contributed by atoms with E-state index in [4.69, 9.17) is 17.0 Å². The first-order chi connectivity index (χ1) is 11.6. The van der Waals surface area contributed by atoms with Gasteiger partial charge < -0.3 is 19.7 Å². The van der Waals surface area contributed by atoms with Gasteiger partial charge in [0.1, 0.15) is 0 Å². The number of thiocarbonyl (C=S) groups is 1. The van der Waals surface area contributed by atoms with Crippen molar-refractivity contribution in [3.8, 4) is 5.88 Å². The second kappa shape index (κ2) is 8.75. The number of benzene rings is 1. The van der Waals surface area contributed by atoms with Gasteiger partial charge in [0.2, 0.25) is 11.0 Å². The molecule has 1 aromatic heterocycles. The molecule has 6 nitrogen and oxygen atoms in total. The van der Waals surface area contributed by atoms with Crippen molar-refractivity contribution in [3.05, 3.63) is 23.8 Å². The predicted molar refractivity (Wildman–Crippen MR) is 100 cm³/mol. The molecule has 0 atom stereocenters. The number of aryl methyl sites for hydroxylation is 2. The van der Waals surface area contributed by atoms with Gasteiger partial charge in [0.05, 0.1) is 5.52 Å². The summed E-state index contributed by atoms with van der Waals surface area (Å²) in [4.78, 5) is 0. The topological polar surface area (TPSA) is 71.1 Å². The van der Waals surface area contributed by atoms with Crippen LogP contribution in [0.25, 0.3) is 10.9 Å². The highest BCUT2D eigenvalue weighted by Crippen LogP contribution is 2.39. The summed E-state index contributed by atoms with van der Waals surface area (Å²) < 4.78 is 7.07. The van der Waals surface area contributed by atoms with Crippen LogP contribution in [0.4, 0.5) is 5.69 Å².